The molecule has 84 valence electrons. The van der Waals surface area contributed by atoms with Crippen molar-refractivity contribution in [2.45, 2.75) is 6.54 Å². The van der Waals surface area contributed by atoms with Gasteiger partial charge in [0, 0.05) is 12.6 Å². The smallest absolute Gasteiger partial charge is 0.173 e. The average molecular weight is 224 g/mol. The first kappa shape index (κ1) is 10.8. The molecule has 1 heterocycles. The highest BCUT2D eigenvalue weighted by Gasteiger charge is 2.15. The van der Waals surface area contributed by atoms with Gasteiger partial charge in [0.2, 0.25) is 0 Å². The van der Waals surface area contributed by atoms with Crippen LogP contribution in [0.4, 0.5) is 8.78 Å². The number of hydrogen-bond donors (Lipinski definition) is 1. The maximum Gasteiger partial charge on any atom is 0.173 e. The molecule has 0 aliphatic rings. The maximum atomic E-state index is 13.4. The third kappa shape index (κ3) is 1.94. The summed E-state index contributed by atoms with van der Waals surface area (Å²) < 4.78 is 31.7. The highest BCUT2D eigenvalue weighted by molar-refractivity contribution is 5.58. The fraction of sp³-hybridized carbons (Fsp3) is 0.182. The van der Waals surface area contributed by atoms with E-state index in [1.807, 2.05) is 0 Å². The van der Waals surface area contributed by atoms with E-state index in [1.165, 1.54) is 24.3 Å². The molecule has 0 spiro atoms. The molecule has 5 heteroatoms. The molecule has 0 saturated heterocycles. The maximum absolute atomic E-state index is 13.4. The lowest BCUT2D eigenvalue weighted by Gasteiger charge is -1.98. The highest BCUT2D eigenvalue weighted by Crippen LogP contribution is 2.26. The number of benzene rings is 1. The monoisotopic (exact) mass is 224 g/mol. The lowest BCUT2D eigenvalue weighted by Crippen LogP contribution is -2.04. The van der Waals surface area contributed by atoms with Crippen molar-refractivity contribution in [3.63, 3.8) is 0 Å². The Bertz CT molecular complexity index is 476. The average Bonchev–Trinajstić information content (AvgIpc) is 2.67. The second kappa shape index (κ2) is 4.40. The summed E-state index contributed by atoms with van der Waals surface area (Å²) in [7, 11) is 1.75. The number of aromatic nitrogens is 1. The van der Waals surface area contributed by atoms with Gasteiger partial charge in [-0.1, -0.05) is 11.2 Å². The first-order valence-electron chi connectivity index (χ1n) is 4.77. The van der Waals surface area contributed by atoms with Crippen molar-refractivity contribution in [1.82, 2.24) is 10.5 Å². The van der Waals surface area contributed by atoms with Gasteiger partial charge in [0.15, 0.2) is 5.76 Å². The second-order valence-corrected chi connectivity index (χ2v) is 3.31. The molecule has 0 bridgehead atoms. The zero-order valence-electron chi connectivity index (χ0n) is 8.63. The molecular formula is C11H10F2N2O. The molecule has 16 heavy (non-hydrogen) atoms. The molecule has 0 radical (unpaired) electrons. The molecule has 0 amide bonds. The predicted octanol–water partition coefficient (Wildman–Crippen LogP) is 2.34. The van der Waals surface area contributed by atoms with Gasteiger partial charge in [-0.3, -0.25) is 0 Å². The minimum absolute atomic E-state index is 0.0980. The molecule has 0 fully saturated rings. The van der Waals surface area contributed by atoms with Crippen LogP contribution in [0.1, 0.15) is 5.69 Å². The van der Waals surface area contributed by atoms with E-state index in [2.05, 4.69) is 10.5 Å². The van der Waals surface area contributed by atoms with Crippen LogP contribution in [-0.4, -0.2) is 12.2 Å². The Kier molecular flexibility index (Phi) is 2.96. The van der Waals surface area contributed by atoms with E-state index < -0.39 is 11.6 Å². The molecule has 2 rings (SSSR count). The van der Waals surface area contributed by atoms with Crippen molar-refractivity contribution < 1.29 is 13.3 Å². The standard InChI is InChI=1S/C11H10F2N2O/c1-14-6-7-5-10(16-15-7)11-8(12)3-2-4-9(11)13/h2-5,14H,6H2,1H3. The summed E-state index contributed by atoms with van der Waals surface area (Å²) >= 11 is 0. The lowest BCUT2D eigenvalue weighted by molar-refractivity contribution is 0.416. The molecule has 1 aromatic heterocycles. The Morgan fingerprint density at radius 3 is 2.62 bits per heavy atom. The second-order valence-electron chi connectivity index (χ2n) is 3.31. The number of hydrogen-bond acceptors (Lipinski definition) is 3. The van der Waals surface area contributed by atoms with Crippen molar-refractivity contribution in [3.8, 4) is 11.3 Å². The van der Waals surface area contributed by atoms with Crippen LogP contribution >= 0.6 is 0 Å². The fourth-order valence-corrected chi connectivity index (χ4v) is 1.43. The zero-order chi connectivity index (χ0) is 11.5. The van der Waals surface area contributed by atoms with Gasteiger partial charge in [-0.05, 0) is 19.2 Å². The van der Waals surface area contributed by atoms with Crippen LogP contribution in [-0.2, 0) is 6.54 Å². The van der Waals surface area contributed by atoms with E-state index in [0.717, 1.165) is 0 Å². The summed E-state index contributed by atoms with van der Waals surface area (Å²) in [5.74, 6) is -1.22. The molecule has 2 aromatic rings. The third-order valence-corrected chi connectivity index (χ3v) is 2.13. The van der Waals surface area contributed by atoms with Gasteiger partial charge in [-0.15, -0.1) is 0 Å². The van der Waals surface area contributed by atoms with Crippen molar-refractivity contribution in [2.75, 3.05) is 7.05 Å². The van der Waals surface area contributed by atoms with E-state index in [1.54, 1.807) is 7.05 Å². The molecular weight excluding hydrogens is 214 g/mol. The quantitative estimate of drug-likeness (QED) is 0.869. The van der Waals surface area contributed by atoms with Gasteiger partial charge < -0.3 is 9.84 Å². The van der Waals surface area contributed by atoms with Crippen LogP contribution in [0.2, 0.25) is 0 Å². The van der Waals surface area contributed by atoms with Crippen LogP contribution in [0, 0.1) is 11.6 Å². The van der Waals surface area contributed by atoms with Crippen LogP contribution in [0.5, 0.6) is 0 Å². The summed E-state index contributed by atoms with van der Waals surface area (Å²) in [6.07, 6.45) is 0. The highest BCUT2D eigenvalue weighted by atomic mass is 19.1. The minimum Gasteiger partial charge on any atom is -0.356 e. The first-order chi connectivity index (χ1) is 7.72. The summed E-state index contributed by atoms with van der Waals surface area (Å²) in [5.41, 5.74) is 0.414. The first-order valence-corrected chi connectivity index (χ1v) is 4.77. The molecule has 1 aromatic carbocycles. The van der Waals surface area contributed by atoms with E-state index in [4.69, 9.17) is 4.52 Å². The Labute approximate surface area is 91.1 Å². The predicted molar refractivity (Wildman–Crippen MR) is 54.6 cm³/mol. The lowest BCUT2D eigenvalue weighted by atomic mass is 10.1. The van der Waals surface area contributed by atoms with Gasteiger partial charge >= 0.3 is 0 Å². The van der Waals surface area contributed by atoms with E-state index in [-0.39, 0.29) is 11.3 Å². The van der Waals surface area contributed by atoms with Crippen LogP contribution in [0.25, 0.3) is 11.3 Å². The molecule has 0 atom stereocenters. The van der Waals surface area contributed by atoms with E-state index in [9.17, 15) is 8.78 Å². The summed E-state index contributed by atoms with van der Waals surface area (Å²) in [6.45, 7) is 0.486. The van der Waals surface area contributed by atoms with Crippen molar-refractivity contribution in [2.24, 2.45) is 0 Å². The van der Waals surface area contributed by atoms with E-state index >= 15 is 0 Å². The number of halogens is 2. The van der Waals surface area contributed by atoms with Crippen molar-refractivity contribution >= 4 is 0 Å². The molecule has 0 unspecified atom stereocenters. The Morgan fingerprint density at radius 2 is 2.00 bits per heavy atom. The number of rotatable bonds is 3. The molecule has 0 aliphatic carbocycles. The molecule has 1 N–H and O–H groups in total. The Balaban J connectivity index is 2.42. The minimum atomic E-state index is -0.660. The van der Waals surface area contributed by atoms with Gasteiger partial charge in [0.25, 0.3) is 0 Å². The Morgan fingerprint density at radius 1 is 1.31 bits per heavy atom. The van der Waals surface area contributed by atoms with Crippen LogP contribution < -0.4 is 5.32 Å². The van der Waals surface area contributed by atoms with Crippen molar-refractivity contribution in [1.29, 1.82) is 0 Å². The topological polar surface area (TPSA) is 38.1 Å². The largest absolute Gasteiger partial charge is 0.356 e. The van der Waals surface area contributed by atoms with Crippen molar-refractivity contribution in [3.05, 3.63) is 41.6 Å². The molecule has 0 aliphatic heterocycles. The van der Waals surface area contributed by atoms with Crippen LogP contribution in [0.15, 0.2) is 28.8 Å². The molecule has 3 nitrogen and oxygen atoms in total. The fourth-order valence-electron chi connectivity index (χ4n) is 1.43. The normalized spacial score (nSPS) is 10.7. The van der Waals surface area contributed by atoms with Gasteiger partial charge in [0.05, 0.1) is 11.3 Å². The molecule has 0 saturated carbocycles. The summed E-state index contributed by atoms with van der Waals surface area (Å²) in [5, 5.41) is 6.56. The zero-order valence-corrected chi connectivity index (χ0v) is 8.63. The SMILES string of the molecule is CNCc1cc(-c2c(F)cccc2F)on1. The summed E-state index contributed by atoms with van der Waals surface area (Å²) in [4.78, 5) is 0. The number of nitrogens with one attached hydrogen (secondary N) is 1. The third-order valence-electron chi connectivity index (χ3n) is 2.13. The van der Waals surface area contributed by atoms with Gasteiger partial charge in [-0.25, -0.2) is 8.78 Å². The van der Waals surface area contributed by atoms with Crippen LogP contribution in [0.3, 0.4) is 0 Å². The summed E-state index contributed by atoms with van der Waals surface area (Å²) in [6, 6.07) is 5.17. The van der Waals surface area contributed by atoms with E-state index in [0.29, 0.717) is 12.2 Å². The van der Waals surface area contributed by atoms with Gasteiger partial charge in [0.1, 0.15) is 11.6 Å². The number of nitrogens with zero attached hydrogens (tertiary/aromatic N) is 1. The Hall–Kier alpha value is -1.75. The van der Waals surface area contributed by atoms with Gasteiger partial charge in [-0.2, -0.15) is 0 Å².